The number of thiol groups is 2. The molecule has 0 spiro atoms. The van der Waals surface area contributed by atoms with Crippen molar-refractivity contribution in [1.29, 1.82) is 0 Å². The van der Waals surface area contributed by atoms with Crippen molar-refractivity contribution in [2.75, 3.05) is 175 Å². The van der Waals surface area contributed by atoms with Gasteiger partial charge in [0.25, 0.3) is 0 Å². The molecular formula is C44H77B6N11O6S7. The first kappa shape index (κ1) is 76.4. The zero-order chi connectivity index (χ0) is 56.0. The summed E-state index contributed by atoms with van der Waals surface area (Å²) < 4.78 is 0. The summed E-state index contributed by atoms with van der Waals surface area (Å²) in [5.41, 5.74) is 0. The van der Waals surface area contributed by atoms with Crippen molar-refractivity contribution in [3.05, 3.63) is 25.3 Å². The van der Waals surface area contributed by atoms with Gasteiger partial charge in [-0.3, -0.25) is 0 Å². The summed E-state index contributed by atoms with van der Waals surface area (Å²) >= 11 is 16.8. The molecule has 0 saturated carbocycles. The van der Waals surface area contributed by atoms with Gasteiger partial charge in [-0.25, -0.2) is 0 Å². The molecule has 0 aromatic heterocycles. The third kappa shape index (κ3) is 44.2. The Morgan fingerprint density at radius 1 is 0.459 bits per heavy atom. The average Bonchev–Trinajstić information content (AvgIpc) is 3.38. The fraction of sp³-hybridized carbons (Fsp3) is 0.773. The molecule has 0 aliphatic rings. The van der Waals surface area contributed by atoms with E-state index in [4.69, 9.17) is 45.8 Å². The summed E-state index contributed by atoms with van der Waals surface area (Å²) in [6, 6.07) is 0. The fourth-order valence-corrected chi connectivity index (χ4v) is 10.3. The van der Waals surface area contributed by atoms with Crippen molar-refractivity contribution in [2.45, 2.75) is 32.1 Å². The zero-order valence-corrected chi connectivity index (χ0v) is 49.7. The van der Waals surface area contributed by atoms with Gasteiger partial charge in [-0.1, -0.05) is 0 Å². The number of thioether (sulfide) groups is 5. The number of nitrogens with zero attached hydrogens (tertiary/aromatic N) is 11. The summed E-state index contributed by atoms with van der Waals surface area (Å²) in [7, 11) is 30.7. The van der Waals surface area contributed by atoms with Gasteiger partial charge >= 0.3 is 486 Å². The van der Waals surface area contributed by atoms with Crippen molar-refractivity contribution in [2.24, 2.45) is 35.3 Å². The van der Waals surface area contributed by atoms with Gasteiger partial charge in [-0.05, 0) is 0 Å². The van der Waals surface area contributed by atoms with E-state index in [0.29, 0.717) is 115 Å². The van der Waals surface area contributed by atoms with Crippen LogP contribution in [0.3, 0.4) is 0 Å². The minimum atomic E-state index is -0.114. The molecule has 30 heteroatoms. The Kier molecular flexibility index (Phi) is 59.2. The van der Waals surface area contributed by atoms with Gasteiger partial charge in [-0.15, -0.1) is 0 Å². The van der Waals surface area contributed by atoms with E-state index >= 15 is 0 Å². The molecule has 5 amide bonds. The Hall–Kier alpha value is -1.86. The third-order valence-electron chi connectivity index (χ3n) is 10.1. The van der Waals surface area contributed by atoms with Crippen LogP contribution in [0.1, 0.15) is 32.1 Å². The van der Waals surface area contributed by atoms with E-state index in [2.05, 4.69) is 67.8 Å². The number of hydrogen-bond acceptors (Lipinski definition) is 19. The zero-order valence-electron chi connectivity index (χ0n) is 43.8. The SMILES string of the molecule is [B]=NCC(=O)N(CC=C)CC=C.[B]=NCCC(CCSC)C(=O)CCSCCN(CCCSCCN(CCSC)C(=O)CN=[B])C(=O)CN=[B].[B]=NCCN(CCS)C(=O)CCSCCN(CCS)C(=O)CN=[B]. The molecule has 74 heavy (non-hydrogen) atoms. The molecule has 1 unspecified atom stereocenters. The Morgan fingerprint density at radius 2 is 0.865 bits per heavy atom. The third-order valence-corrected chi connectivity index (χ3v) is 14.7. The normalized spacial score (nSPS) is 10.6. The predicted octanol–water partition coefficient (Wildman–Crippen LogP) is 3.51. The van der Waals surface area contributed by atoms with E-state index < -0.39 is 0 Å². The van der Waals surface area contributed by atoms with Crippen molar-refractivity contribution >= 4 is 165 Å². The minimum absolute atomic E-state index is 0.0115. The Bertz CT molecular complexity index is 1640. The van der Waals surface area contributed by atoms with Crippen LogP contribution >= 0.6 is 84.1 Å². The second-order valence-electron chi connectivity index (χ2n) is 15.4. The van der Waals surface area contributed by atoms with Crippen molar-refractivity contribution in [3.8, 4) is 0 Å². The molecule has 0 aromatic rings. The van der Waals surface area contributed by atoms with Gasteiger partial charge in [0.05, 0.1) is 0 Å². The van der Waals surface area contributed by atoms with Crippen LogP contribution < -0.4 is 0 Å². The van der Waals surface area contributed by atoms with E-state index in [-0.39, 0.29) is 67.4 Å². The average molecular weight is 1150 g/mol. The number of amides is 5. The molecule has 0 aliphatic carbocycles. The van der Waals surface area contributed by atoms with Gasteiger partial charge in [0, 0.05) is 0 Å². The Balaban J connectivity index is -0.00000118. The number of ketones is 1. The number of rotatable bonds is 48. The van der Waals surface area contributed by atoms with E-state index in [9.17, 15) is 28.8 Å². The van der Waals surface area contributed by atoms with Crippen LogP contribution in [0.2, 0.25) is 0 Å². The summed E-state index contributed by atoms with van der Waals surface area (Å²) in [6.45, 7) is 13.8. The molecular weight excluding hydrogens is 1070 g/mol. The van der Waals surface area contributed by atoms with Crippen LogP contribution in [0.4, 0.5) is 0 Å². The van der Waals surface area contributed by atoms with Crippen molar-refractivity contribution in [3.63, 3.8) is 0 Å². The molecule has 0 N–H and O–H groups in total. The Labute approximate surface area is 482 Å². The molecule has 0 bridgehead atoms. The first-order chi connectivity index (χ1) is 35.8. The van der Waals surface area contributed by atoms with Crippen LogP contribution in [0, 0.1) is 5.92 Å². The van der Waals surface area contributed by atoms with Gasteiger partial charge in [-0.2, -0.15) is 0 Å². The molecule has 6 radical (unpaired) electrons. The predicted molar refractivity (Wildman–Crippen MR) is 330 cm³/mol. The van der Waals surface area contributed by atoms with E-state index in [1.54, 1.807) is 95.5 Å². The van der Waals surface area contributed by atoms with Gasteiger partial charge in [0.1, 0.15) is 0 Å². The van der Waals surface area contributed by atoms with E-state index in [1.165, 1.54) is 0 Å². The van der Waals surface area contributed by atoms with Crippen LogP contribution in [-0.4, -0.2) is 280 Å². The second-order valence-corrected chi connectivity index (χ2v) is 22.0. The van der Waals surface area contributed by atoms with Crippen molar-refractivity contribution in [1.82, 2.24) is 24.5 Å². The summed E-state index contributed by atoms with van der Waals surface area (Å²) in [5.74, 6) is 7.67. The quantitative estimate of drug-likeness (QED) is 0.0393. The molecule has 0 fully saturated rings. The number of carbonyl (C=O) groups is 6. The number of hydrogen-bond donors (Lipinski definition) is 2. The monoisotopic (exact) mass is 1150 g/mol. The molecule has 0 aliphatic heterocycles. The maximum atomic E-state index is 12.6. The standard InChI is InChI=1S/C23H41B3N5O3S4.C13H24B2N4O2S3.C8H12BN2O/c1-35-13-5-20(4-7-27-24)21(32)6-14-38-17-10-30(22(33)18-28-25)8-3-12-37-16-11-31(9-15-36-2)23(34)19-29-26;14-16-2-3-18(4-7-22)12(20)1-9-24-10-6-19(5-8-23)13(21)11-17-15;1-3-5-11(6-4-2)8(12)7-10-9/h20H,3-19H2,1-2H3;22-23H,1-11H2;3-4H,1-2,5-7H2. The topological polar surface area (TPSA) is 193 Å². The molecule has 0 rings (SSSR count). The fourth-order valence-electron chi connectivity index (χ4n) is 6.21. The van der Waals surface area contributed by atoms with E-state index in [1.807, 2.05) is 12.5 Å². The van der Waals surface area contributed by atoms with Crippen LogP contribution in [0.15, 0.2) is 54.7 Å². The summed E-state index contributed by atoms with van der Waals surface area (Å²) in [4.78, 5) is 102. The molecule has 17 nitrogen and oxygen atoms in total. The van der Waals surface area contributed by atoms with Crippen LogP contribution in [0.25, 0.3) is 0 Å². The van der Waals surface area contributed by atoms with Gasteiger partial charge < -0.3 is 0 Å². The van der Waals surface area contributed by atoms with E-state index in [0.717, 1.165) is 53.1 Å². The first-order valence-corrected chi connectivity index (χ1v) is 31.6. The summed E-state index contributed by atoms with van der Waals surface area (Å²) in [6.07, 6.45) is 10.7. The van der Waals surface area contributed by atoms with Crippen LogP contribution in [-0.2, 0) is 28.8 Å². The molecule has 0 heterocycles. The second kappa shape index (κ2) is 57.3. The maximum absolute atomic E-state index is 12.6. The summed E-state index contributed by atoms with van der Waals surface area (Å²) in [5, 5.41) is 0. The molecule has 0 aromatic carbocycles. The van der Waals surface area contributed by atoms with Crippen LogP contribution in [0.5, 0.6) is 0 Å². The number of carbonyl (C=O) groups excluding carboxylic acids is 6. The van der Waals surface area contributed by atoms with Gasteiger partial charge in [0.15, 0.2) is 0 Å². The number of Topliss-reactive ketones (excluding diaryl/α,β-unsaturated/α-hetero) is 1. The molecule has 1 atom stereocenters. The molecule has 0 saturated heterocycles. The van der Waals surface area contributed by atoms with Gasteiger partial charge in [0.2, 0.25) is 0 Å². The first-order valence-electron chi connectivity index (χ1n) is 24.1. The molecule has 404 valence electrons. The Morgan fingerprint density at radius 3 is 1.30 bits per heavy atom. The van der Waals surface area contributed by atoms with Crippen molar-refractivity contribution < 1.29 is 28.8 Å².